The van der Waals surface area contributed by atoms with Gasteiger partial charge < -0.3 is 48.0 Å². The molecule has 1 rings (SSSR count). The maximum absolute atomic E-state index is 9.64. The van der Waals surface area contributed by atoms with Gasteiger partial charge in [0.05, 0.1) is 52.4 Å². The molecule has 38 heavy (non-hydrogen) atoms. The molecule has 0 aromatic rings. The first kappa shape index (κ1) is 36.3. The third-order valence-electron chi connectivity index (χ3n) is 6.77. The van der Waals surface area contributed by atoms with E-state index in [0.29, 0.717) is 6.42 Å². The molecule has 1 saturated heterocycles. The van der Waals surface area contributed by atoms with Crippen LogP contribution >= 0.6 is 0 Å². The van der Waals surface area contributed by atoms with Gasteiger partial charge in [-0.2, -0.15) is 0 Å². The van der Waals surface area contributed by atoms with E-state index in [9.17, 15) is 15.3 Å². The number of hydrogen-bond acceptors (Lipinski definition) is 10. The second kappa shape index (κ2) is 18.6. The lowest BCUT2D eigenvalue weighted by Crippen LogP contribution is -2.54. The molecule has 0 aromatic heterocycles. The molecule has 1 heterocycles. The third-order valence-corrected chi connectivity index (χ3v) is 19.4. The lowest BCUT2D eigenvalue weighted by molar-refractivity contribution is -0.105. The Morgan fingerprint density at radius 2 is 1.26 bits per heavy atom. The molecular formula is C25H56O10Si3. The zero-order valence-corrected chi connectivity index (χ0v) is 27.4. The first-order valence-electron chi connectivity index (χ1n) is 14.3. The van der Waals surface area contributed by atoms with Crippen LogP contribution in [0.1, 0.15) is 39.0 Å². The van der Waals surface area contributed by atoms with Crippen LogP contribution < -0.4 is 0 Å². The van der Waals surface area contributed by atoms with Crippen LogP contribution in [0.3, 0.4) is 0 Å². The van der Waals surface area contributed by atoms with Crippen LogP contribution in [-0.2, 0) is 22.4 Å². The average Bonchev–Trinajstić information content (AvgIpc) is 3.31. The molecule has 0 aliphatic carbocycles. The van der Waals surface area contributed by atoms with E-state index in [2.05, 4.69) is 33.1 Å². The molecule has 4 atom stereocenters. The average molecular weight is 601 g/mol. The van der Waals surface area contributed by atoms with E-state index in [1.165, 1.54) is 31.7 Å². The summed E-state index contributed by atoms with van der Waals surface area (Å²) < 4.78 is 31.1. The second-order valence-electron chi connectivity index (χ2n) is 11.8. The van der Waals surface area contributed by atoms with Gasteiger partial charge in [-0.05, 0) is 56.8 Å². The van der Waals surface area contributed by atoms with Crippen LogP contribution in [0.2, 0.25) is 50.4 Å². The Balaban J connectivity index is 2.78. The van der Waals surface area contributed by atoms with Crippen molar-refractivity contribution in [3.05, 3.63) is 0 Å². The van der Waals surface area contributed by atoms with Crippen molar-refractivity contribution in [3.63, 3.8) is 0 Å². The summed E-state index contributed by atoms with van der Waals surface area (Å²) in [6, 6.07) is 4.15. The summed E-state index contributed by atoms with van der Waals surface area (Å²) in [5.41, 5.74) is 0. The normalized spacial score (nSPS) is 19.4. The van der Waals surface area contributed by atoms with Crippen LogP contribution in [-0.4, -0.2) is 121 Å². The molecule has 10 nitrogen and oxygen atoms in total. The molecule has 0 aromatic carbocycles. The van der Waals surface area contributed by atoms with E-state index in [1.54, 1.807) is 0 Å². The third kappa shape index (κ3) is 15.3. The summed E-state index contributed by atoms with van der Waals surface area (Å²) in [6.07, 6.45) is 2.46. The predicted molar refractivity (Wildman–Crippen MR) is 154 cm³/mol. The van der Waals surface area contributed by atoms with E-state index >= 15 is 0 Å². The lowest BCUT2D eigenvalue weighted by atomic mass is 10.3. The highest BCUT2D eigenvalue weighted by atomic mass is 28.5. The number of hydrogen-bond donors (Lipinski definition) is 5. The van der Waals surface area contributed by atoms with Gasteiger partial charge in [0.15, 0.2) is 16.6 Å². The Bertz CT molecular complexity index is 608. The van der Waals surface area contributed by atoms with E-state index in [1.807, 2.05) is 0 Å². The highest BCUT2D eigenvalue weighted by molar-refractivity contribution is 6.89. The molecular weight excluding hydrogens is 545 g/mol. The Kier molecular flexibility index (Phi) is 17.8. The van der Waals surface area contributed by atoms with Gasteiger partial charge in [0.25, 0.3) is 0 Å². The number of unbranched alkanes of at least 4 members (excludes halogenated alkanes) is 1. The van der Waals surface area contributed by atoms with Gasteiger partial charge >= 0.3 is 8.56 Å². The number of ether oxygens (including phenoxy) is 3. The van der Waals surface area contributed by atoms with Crippen molar-refractivity contribution in [1.29, 1.82) is 0 Å². The van der Waals surface area contributed by atoms with E-state index in [-0.39, 0.29) is 45.7 Å². The van der Waals surface area contributed by atoms with Gasteiger partial charge in [0, 0.05) is 0 Å². The molecule has 1 aliphatic heterocycles. The quantitative estimate of drug-likeness (QED) is 0.111. The van der Waals surface area contributed by atoms with Crippen LogP contribution in [0.15, 0.2) is 0 Å². The topological polar surface area (TPSA) is 147 Å². The molecule has 0 amide bonds. The van der Waals surface area contributed by atoms with E-state index in [0.717, 1.165) is 18.1 Å². The summed E-state index contributed by atoms with van der Waals surface area (Å²) in [7, 11) is -6.14. The Hall–Kier alpha value is 0.251. The van der Waals surface area contributed by atoms with Crippen molar-refractivity contribution in [1.82, 2.24) is 0 Å². The summed E-state index contributed by atoms with van der Waals surface area (Å²) in [6.45, 7) is 10.5. The smallest absolute Gasteiger partial charge is 0.317 e. The first-order chi connectivity index (χ1) is 17.9. The molecule has 0 radical (unpaired) electrons. The van der Waals surface area contributed by atoms with Crippen LogP contribution in [0.25, 0.3) is 0 Å². The Morgan fingerprint density at radius 3 is 1.82 bits per heavy atom. The summed E-state index contributed by atoms with van der Waals surface area (Å²) in [5, 5.41) is 46.8. The van der Waals surface area contributed by atoms with Crippen molar-refractivity contribution in [3.8, 4) is 0 Å². The van der Waals surface area contributed by atoms with Crippen molar-refractivity contribution >= 4 is 25.2 Å². The Morgan fingerprint density at radius 1 is 0.711 bits per heavy atom. The summed E-state index contributed by atoms with van der Waals surface area (Å²) >= 11 is 0. The number of aliphatic hydroxyl groups excluding tert-OH is 5. The monoisotopic (exact) mass is 600 g/mol. The molecule has 0 bridgehead atoms. The van der Waals surface area contributed by atoms with Crippen LogP contribution in [0.5, 0.6) is 0 Å². The van der Waals surface area contributed by atoms with E-state index in [4.69, 9.17) is 32.7 Å². The van der Waals surface area contributed by atoms with Crippen molar-refractivity contribution in [2.45, 2.75) is 114 Å². The van der Waals surface area contributed by atoms with E-state index < -0.39 is 50.1 Å². The maximum Gasteiger partial charge on any atom is 0.317 e. The fourth-order valence-electron chi connectivity index (χ4n) is 4.66. The number of rotatable bonds is 23. The van der Waals surface area contributed by atoms with Crippen molar-refractivity contribution in [2.24, 2.45) is 0 Å². The second-order valence-corrected chi connectivity index (χ2v) is 24.3. The molecule has 4 unspecified atom stereocenters. The number of aliphatic hydroxyl groups is 5. The van der Waals surface area contributed by atoms with Crippen LogP contribution in [0.4, 0.5) is 0 Å². The zero-order valence-electron chi connectivity index (χ0n) is 24.4. The predicted octanol–water partition coefficient (Wildman–Crippen LogP) is 2.34. The van der Waals surface area contributed by atoms with Crippen molar-refractivity contribution in [2.75, 3.05) is 46.2 Å². The highest BCUT2D eigenvalue weighted by Gasteiger charge is 2.48. The molecule has 0 spiro atoms. The minimum Gasteiger partial charge on any atom is -0.436 e. The summed E-state index contributed by atoms with van der Waals surface area (Å²) in [5.74, 6) is 0. The van der Waals surface area contributed by atoms with Gasteiger partial charge in [-0.1, -0.05) is 32.6 Å². The minimum absolute atomic E-state index is 0.00234. The van der Waals surface area contributed by atoms with Gasteiger partial charge in [0.2, 0.25) is 0 Å². The highest BCUT2D eigenvalue weighted by Crippen LogP contribution is 2.38. The van der Waals surface area contributed by atoms with Gasteiger partial charge in [0.1, 0.15) is 18.3 Å². The SMILES string of the molecule is CCCC[Si](C)(C)O[Si]1(O[Si](C)(C)CCC(COCC(O)CO)OCC(CO)OCC(O)CO)CCCC1. The maximum atomic E-state index is 9.64. The Labute approximate surface area is 233 Å². The van der Waals surface area contributed by atoms with Gasteiger partial charge in [-0.25, -0.2) is 0 Å². The fraction of sp³-hybridized carbons (Fsp3) is 1.00. The van der Waals surface area contributed by atoms with Gasteiger partial charge in [-0.3, -0.25) is 0 Å². The fourth-order valence-corrected chi connectivity index (χ4v) is 19.8. The lowest BCUT2D eigenvalue weighted by Gasteiger charge is -2.41. The minimum atomic E-state index is -2.24. The van der Waals surface area contributed by atoms with Crippen LogP contribution in [0, 0.1) is 0 Å². The zero-order chi connectivity index (χ0) is 28.7. The first-order valence-corrected chi connectivity index (χ1v) is 22.8. The molecule has 228 valence electrons. The molecule has 5 N–H and O–H groups in total. The largest absolute Gasteiger partial charge is 0.436 e. The molecule has 1 fully saturated rings. The standard InChI is InChI=1S/C25H56O10Si3/c1-6-7-11-36(2,3)34-38(12-8-9-13-38)35-37(4,5)14-10-24(20-31-18-22(29)15-26)33-21-25(17-28)32-19-23(30)16-27/h22-30H,6-21H2,1-5H3. The van der Waals surface area contributed by atoms with Gasteiger partial charge in [-0.15, -0.1) is 0 Å². The van der Waals surface area contributed by atoms with Crippen molar-refractivity contribution < 1.29 is 48.0 Å². The molecule has 0 saturated carbocycles. The summed E-state index contributed by atoms with van der Waals surface area (Å²) in [4.78, 5) is 0. The molecule has 13 heteroatoms. The molecule has 1 aliphatic rings.